The molecule has 3 aromatic carbocycles. The molecule has 342 valence electrons. The van der Waals surface area contributed by atoms with Crippen molar-refractivity contribution in [3.63, 3.8) is 0 Å². The van der Waals surface area contributed by atoms with E-state index in [0.29, 0.717) is 38.4 Å². The highest BCUT2D eigenvalue weighted by atomic mass is 32.2. The number of halogens is 5. The van der Waals surface area contributed by atoms with E-state index in [2.05, 4.69) is 29.0 Å². The van der Waals surface area contributed by atoms with E-state index in [1.165, 1.54) is 35.0 Å². The molecule has 0 aromatic heterocycles. The number of amides is 1. The van der Waals surface area contributed by atoms with Crippen molar-refractivity contribution in [3.8, 4) is 0 Å². The van der Waals surface area contributed by atoms with Gasteiger partial charge in [-0.15, -0.1) is 11.8 Å². The number of piperazine rings is 1. The highest BCUT2D eigenvalue weighted by Crippen LogP contribution is 2.79. The van der Waals surface area contributed by atoms with Crippen molar-refractivity contribution in [2.45, 2.75) is 91.5 Å². The Morgan fingerprint density at radius 3 is 2.16 bits per heavy atom. The third-order valence-corrected chi connectivity index (χ3v) is 17.0. The monoisotopic (exact) mass is 938 g/mol. The molecule has 11 nitrogen and oxygen atoms in total. The molecule has 1 amide bonds. The van der Waals surface area contributed by atoms with Crippen molar-refractivity contribution in [2.24, 2.45) is 16.2 Å². The SMILES string of the molecule is COC(=O)C[C@H](CSc1ccccc1)Nc1ccc(S(=O)(=O)NC(=O)c2ccc(N3CCN(CC4=C(C56CC(C(F)F)(C5)C6)CC(C)(C)CC4)CC3)cc2)cc1S(=O)(=O)C(F)(F)F. The number of sulfonamides is 1. The van der Waals surface area contributed by atoms with Crippen LogP contribution in [0, 0.1) is 16.2 Å². The zero-order chi connectivity index (χ0) is 45.6. The van der Waals surface area contributed by atoms with Crippen LogP contribution in [0.1, 0.15) is 69.2 Å². The number of carbonyl (C=O) groups is 2. The van der Waals surface area contributed by atoms with Gasteiger partial charge >= 0.3 is 11.5 Å². The summed E-state index contributed by atoms with van der Waals surface area (Å²) < 4.78 is 129. The Balaban J connectivity index is 1.00. The van der Waals surface area contributed by atoms with E-state index >= 15 is 0 Å². The second kappa shape index (κ2) is 17.6. The number of hydrogen-bond donors (Lipinski definition) is 2. The van der Waals surface area contributed by atoms with E-state index in [9.17, 15) is 48.4 Å². The maximum atomic E-state index is 14.0. The number of carbonyl (C=O) groups excluding carboxylic acids is 2. The molecule has 0 radical (unpaired) electrons. The van der Waals surface area contributed by atoms with Crippen LogP contribution in [0.4, 0.5) is 33.3 Å². The number of methoxy groups -OCH3 is 1. The number of nitrogens with one attached hydrogen (secondary N) is 2. The molecule has 1 heterocycles. The lowest BCUT2D eigenvalue weighted by Gasteiger charge is -2.72. The van der Waals surface area contributed by atoms with E-state index < -0.39 is 70.6 Å². The van der Waals surface area contributed by atoms with Crippen LogP contribution in [0.3, 0.4) is 0 Å². The van der Waals surface area contributed by atoms with Gasteiger partial charge in [0.25, 0.3) is 25.8 Å². The molecule has 3 aromatic rings. The van der Waals surface area contributed by atoms with Crippen LogP contribution in [0.5, 0.6) is 0 Å². The van der Waals surface area contributed by atoms with Crippen LogP contribution in [-0.4, -0.2) is 97.2 Å². The molecular formula is C44H51F5N4O7S3. The quantitative estimate of drug-likeness (QED) is 0.0620. The minimum absolute atomic E-state index is 0.0581. The third kappa shape index (κ3) is 9.90. The minimum Gasteiger partial charge on any atom is -0.469 e. The van der Waals surface area contributed by atoms with E-state index in [1.54, 1.807) is 42.5 Å². The van der Waals surface area contributed by atoms with Gasteiger partial charge < -0.3 is 15.0 Å². The summed E-state index contributed by atoms with van der Waals surface area (Å²) in [7, 11) is -9.95. The molecule has 1 aliphatic heterocycles. The largest absolute Gasteiger partial charge is 0.501 e. The molecule has 0 unspecified atom stereocenters. The van der Waals surface area contributed by atoms with Gasteiger partial charge in [0, 0.05) is 66.1 Å². The van der Waals surface area contributed by atoms with Gasteiger partial charge in [-0.2, -0.15) is 13.2 Å². The first kappa shape index (κ1) is 46.8. The number of ether oxygens (including phenoxy) is 1. The van der Waals surface area contributed by atoms with Crippen LogP contribution in [-0.2, 0) is 29.4 Å². The normalized spacial score (nSPS) is 23.1. The zero-order valence-corrected chi connectivity index (χ0v) is 37.6. The lowest BCUT2D eigenvalue weighted by molar-refractivity contribution is -0.250. The van der Waals surface area contributed by atoms with Crippen molar-refractivity contribution < 1.29 is 53.1 Å². The van der Waals surface area contributed by atoms with Crippen molar-refractivity contribution in [1.29, 1.82) is 0 Å². The van der Waals surface area contributed by atoms with Gasteiger partial charge in [0.05, 0.1) is 24.1 Å². The smallest absolute Gasteiger partial charge is 0.469 e. The van der Waals surface area contributed by atoms with Gasteiger partial charge in [-0.1, -0.05) is 43.2 Å². The van der Waals surface area contributed by atoms with E-state index in [1.807, 2.05) is 4.72 Å². The molecule has 4 fully saturated rings. The molecule has 2 bridgehead atoms. The highest BCUT2D eigenvalue weighted by Gasteiger charge is 2.73. The van der Waals surface area contributed by atoms with Gasteiger partial charge in [0.1, 0.15) is 4.90 Å². The molecule has 3 saturated carbocycles. The molecule has 19 heteroatoms. The number of alkyl halides is 5. The first-order chi connectivity index (χ1) is 29.6. The van der Waals surface area contributed by atoms with Crippen molar-refractivity contribution in [1.82, 2.24) is 9.62 Å². The van der Waals surface area contributed by atoms with Crippen molar-refractivity contribution >= 4 is 54.9 Å². The van der Waals surface area contributed by atoms with Gasteiger partial charge in [-0.05, 0) is 104 Å². The summed E-state index contributed by atoms with van der Waals surface area (Å²) >= 11 is 1.24. The van der Waals surface area contributed by atoms with Crippen molar-refractivity contribution in [2.75, 3.05) is 55.8 Å². The molecule has 1 saturated heterocycles. The molecule has 8 rings (SSSR count). The highest BCUT2D eigenvalue weighted by molar-refractivity contribution is 7.99. The maximum absolute atomic E-state index is 14.0. The number of allylic oxidation sites excluding steroid dienone is 1. The molecule has 0 spiro atoms. The second-order valence-electron chi connectivity index (χ2n) is 18.0. The zero-order valence-electron chi connectivity index (χ0n) is 35.1. The van der Waals surface area contributed by atoms with E-state index in [-0.39, 0.29) is 28.6 Å². The number of rotatable bonds is 16. The molecular weight excluding hydrogens is 888 g/mol. The maximum Gasteiger partial charge on any atom is 0.501 e. The fourth-order valence-electron chi connectivity index (χ4n) is 9.49. The van der Waals surface area contributed by atoms with Gasteiger partial charge in [-0.25, -0.2) is 30.3 Å². The molecule has 4 aliphatic carbocycles. The number of thioether (sulfide) groups is 1. The second-order valence-corrected chi connectivity index (χ2v) is 22.7. The Hall–Kier alpha value is -4.20. The Kier molecular flexibility index (Phi) is 13.1. The van der Waals surface area contributed by atoms with E-state index in [4.69, 9.17) is 4.74 Å². The van der Waals surface area contributed by atoms with Crippen LogP contribution >= 0.6 is 11.8 Å². The fraction of sp³-hybridized carbons (Fsp3) is 0.500. The predicted octanol–water partition coefficient (Wildman–Crippen LogP) is 8.30. The predicted molar refractivity (Wildman–Crippen MR) is 230 cm³/mol. The number of anilines is 2. The molecule has 2 N–H and O–H groups in total. The van der Waals surface area contributed by atoms with Crippen molar-refractivity contribution in [3.05, 3.63) is 89.5 Å². The Bertz CT molecular complexity index is 2440. The summed E-state index contributed by atoms with van der Waals surface area (Å²) in [6.45, 7) is 8.19. The lowest BCUT2D eigenvalue weighted by Crippen LogP contribution is -2.66. The fourth-order valence-corrected chi connectivity index (χ4v) is 12.5. The summed E-state index contributed by atoms with van der Waals surface area (Å²) in [4.78, 5) is 28.4. The van der Waals surface area contributed by atoms with Crippen LogP contribution in [0.2, 0.25) is 0 Å². The van der Waals surface area contributed by atoms with Gasteiger partial charge in [0.15, 0.2) is 0 Å². The summed E-state index contributed by atoms with van der Waals surface area (Å²) in [6.07, 6.45) is 2.13. The first-order valence-corrected chi connectivity index (χ1v) is 24.6. The minimum atomic E-state index is -6.15. The van der Waals surface area contributed by atoms with Crippen LogP contribution < -0.4 is 14.9 Å². The van der Waals surface area contributed by atoms with Gasteiger partial charge in [0.2, 0.25) is 6.43 Å². The Labute approximate surface area is 369 Å². The first-order valence-electron chi connectivity index (χ1n) is 20.7. The number of hydrogen-bond acceptors (Lipinski definition) is 11. The lowest BCUT2D eigenvalue weighted by atomic mass is 9.32. The average molecular weight is 939 g/mol. The Morgan fingerprint density at radius 1 is 0.905 bits per heavy atom. The third-order valence-electron chi connectivity index (χ3n) is 12.9. The molecule has 1 atom stereocenters. The summed E-state index contributed by atoms with van der Waals surface area (Å²) in [5.41, 5.74) is -3.58. The van der Waals surface area contributed by atoms with Crippen LogP contribution in [0.15, 0.2) is 98.6 Å². The summed E-state index contributed by atoms with van der Waals surface area (Å²) in [5, 5.41) is 2.67. The number of esters is 1. The Morgan fingerprint density at radius 2 is 1.56 bits per heavy atom. The number of sulfone groups is 1. The van der Waals surface area contributed by atoms with Gasteiger partial charge in [-0.3, -0.25) is 14.5 Å². The molecule has 63 heavy (non-hydrogen) atoms. The number of benzene rings is 3. The van der Waals surface area contributed by atoms with Crippen LogP contribution in [0.25, 0.3) is 0 Å². The average Bonchev–Trinajstić information content (AvgIpc) is 3.19. The number of nitrogens with zero attached hydrogens (tertiary/aromatic N) is 2. The summed E-state index contributed by atoms with van der Waals surface area (Å²) in [6, 6.07) is 16.1. The topological polar surface area (TPSA) is 142 Å². The van der Waals surface area contributed by atoms with E-state index in [0.717, 1.165) is 68.7 Å². The molecule has 5 aliphatic rings. The standard InChI is InChI=1S/C44H51F5N4O7S3/c1-41(2)16-15-30(35(23-41)42-26-43(27-42,28-42)40(45)46)24-52-17-19-53(20-18-52)32-11-9-29(10-12-32)39(55)51-63(58,59)34-13-14-36(37(22-34)62(56,57)44(47,48)49)50-31(21-38(54)60-3)25-61-33-7-5-4-6-8-33/h4-14,22,31,40,50H,15-21,23-28H2,1-3H3,(H,51,55)/t31-,42?,43?/m1/s1. The summed E-state index contributed by atoms with van der Waals surface area (Å²) in [5.74, 6) is -1.73.